The SMILES string of the molecule is CCCOc1ccc(-c2nc(CCl)cs2)cc1. The van der Waals surface area contributed by atoms with Crippen molar-refractivity contribution in [2.24, 2.45) is 0 Å². The maximum Gasteiger partial charge on any atom is 0.123 e. The summed E-state index contributed by atoms with van der Waals surface area (Å²) in [5, 5.41) is 2.99. The fourth-order valence-corrected chi connectivity index (χ4v) is 2.47. The van der Waals surface area contributed by atoms with Gasteiger partial charge in [-0.3, -0.25) is 0 Å². The highest BCUT2D eigenvalue weighted by molar-refractivity contribution is 7.13. The zero-order valence-electron chi connectivity index (χ0n) is 9.65. The Balaban J connectivity index is 2.11. The molecule has 2 aromatic rings. The van der Waals surface area contributed by atoms with Gasteiger partial charge in [0.2, 0.25) is 0 Å². The van der Waals surface area contributed by atoms with Gasteiger partial charge >= 0.3 is 0 Å². The molecule has 0 spiro atoms. The summed E-state index contributed by atoms with van der Waals surface area (Å²) in [4.78, 5) is 4.44. The van der Waals surface area contributed by atoms with Crippen LogP contribution in [0.25, 0.3) is 10.6 Å². The second-order valence-electron chi connectivity index (χ2n) is 3.65. The highest BCUT2D eigenvalue weighted by Gasteiger charge is 2.04. The maximum atomic E-state index is 5.73. The molecule has 2 nitrogen and oxygen atoms in total. The lowest BCUT2D eigenvalue weighted by atomic mass is 10.2. The van der Waals surface area contributed by atoms with Gasteiger partial charge in [-0.25, -0.2) is 4.98 Å². The van der Waals surface area contributed by atoms with Crippen LogP contribution in [0.3, 0.4) is 0 Å². The third-order valence-corrected chi connectivity index (χ3v) is 3.48. The Hall–Kier alpha value is -1.06. The van der Waals surface area contributed by atoms with Gasteiger partial charge in [0, 0.05) is 10.9 Å². The number of nitrogens with zero attached hydrogens (tertiary/aromatic N) is 1. The van der Waals surface area contributed by atoms with E-state index in [4.69, 9.17) is 16.3 Å². The standard InChI is InChI=1S/C13H14ClNOS/c1-2-7-16-12-5-3-10(4-6-12)13-15-11(8-14)9-17-13/h3-6,9H,2,7-8H2,1H3. The first-order chi connectivity index (χ1) is 8.33. The third-order valence-electron chi connectivity index (χ3n) is 2.26. The Labute approximate surface area is 110 Å². The van der Waals surface area contributed by atoms with Gasteiger partial charge in [0.1, 0.15) is 10.8 Å². The Kier molecular flexibility index (Phi) is 4.40. The lowest BCUT2D eigenvalue weighted by Gasteiger charge is -2.04. The third kappa shape index (κ3) is 3.20. The lowest BCUT2D eigenvalue weighted by molar-refractivity contribution is 0.317. The number of halogens is 1. The number of thiazole rings is 1. The Morgan fingerprint density at radius 1 is 1.29 bits per heavy atom. The number of hydrogen-bond acceptors (Lipinski definition) is 3. The largest absolute Gasteiger partial charge is 0.494 e. The highest BCUT2D eigenvalue weighted by Crippen LogP contribution is 2.26. The summed E-state index contributed by atoms with van der Waals surface area (Å²) < 4.78 is 5.53. The number of benzene rings is 1. The minimum absolute atomic E-state index is 0.466. The van der Waals surface area contributed by atoms with Crippen LogP contribution in [0.2, 0.25) is 0 Å². The molecule has 17 heavy (non-hydrogen) atoms. The van der Waals surface area contributed by atoms with Crippen molar-refractivity contribution in [2.75, 3.05) is 6.61 Å². The summed E-state index contributed by atoms with van der Waals surface area (Å²) in [6, 6.07) is 8.02. The minimum atomic E-state index is 0.466. The molecule has 0 aliphatic carbocycles. The Morgan fingerprint density at radius 3 is 2.65 bits per heavy atom. The van der Waals surface area contributed by atoms with E-state index in [1.54, 1.807) is 11.3 Å². The quantitative estimate of drug-likeness (QED) is 0.752. The van der Waals surface area contributed by atoms with Gasteiger partial charge in [-0.1, -0.05) is 6.92 Å². The summed E-state index contributed by atoms with van der Waals surface area (Å²) in [6.07, 6.45) is 1.02. The van der Waals surface area contributed by atoms with E-state index in [2.05, 4.69) is 11.9 Å². The van der Waals surface area contributed by atoms with Crippen LogP contribution in [0.15, 0.2) is 29.6 Å². The van der Waals surface area contributed by atoms with Crippen molar-refractivity contribution < 1.29 is 4.74 Å². The van der Waals surface area contributed by atoms with Gasteiger partial charge in [-0.15, -0.1) is 22.9 Å². The monoisotopic (exact) mass is 267 g/mol. The average molecular weight is 268 g/mol. The number of aromatic nitrogens is 1. The molecule has 0 saturated carbocycles. The molecule has 2 rings (SSSR count). The van der Waals surface area contributed by atoms with Gasteiger partial charge in [0.15, 0.2) is 0 Å². The van der Waals surface area contributed by atoms with Crippen LogP contribution < -0.4 is 4.74 Å². The van der Waals surface area contributed by atoms with E-state index < -0.39 is 0 Å². The summed E-state index contributed by atoms with van der Waals surface area (Å²) in [7, 11) is 0. The van der Waals surface area contributed by atoms with E-state index in [1.165, 1.54) is 0 Å². The van der Waals surface area contributed by atoms with Gasteiger partial charge in [-0.05, 0) is 30.7 Å². The van der Waals surface area contributed by atoms with Crippen LogP contribution in [0.5, 0.6) is 5.75 Å². The van der Waals surface area contributed by atoms with Gasteiger partial charge in [0.25, 0.3) is 0 Å². The van der Waals surface area contributed by atoms with E-state index in [0.717, 1.165) is 35.0 Å². The predicted molar refractivity (Wildman–Crippen MR) is 72.9 cm³/mol. The lowest BCUT2D eigenvalue weighted by Crippen LogP contribution is -1.94. The van der Waals surface area contributed by atoms with Crippen LogP contribution in [0.1, 0.15) is 19.0 Å². The number of rotatable bonds is 5. The van der Waals surface area contributed by atoms with Crippen molar-refractivity contribution in [3.63, 3.8) is 0 Å². The zero-order valence-corrected chi connectivity index (χ0v) is 11.2. The molecule has 0 aliphatic rings. The van der Waals surface area contributed by atoms with Crippen LogP contribution in [-0.2, 0) is 5.88 Å². The molecule has 0 aliphatic heterocycles. The first kappa shape index (κ1) is 12.4. The molecule has 0 atom stereocenters. The second kappa shape index (κ2) is 6.03. The molecule has 0 saturated heterocycles. The van der Waals surface area contributed by atoms with Crippen LogP contribution in [0, 0.1) is 0 Å². The highest BCUT2D eigenvalue weighted by atomic mass is 35.5. The molecule has 0 fully saturated rings. The second-order valence-corrected chi connectivity index (χ2v) is 4.78. The van der Waals surface area contributed by atoms with Crippen molar-refractivity contribution in [2.45, 2.75) is 19.2 Å². The normalized spacial score (nSPS) is 10.5. The van der Waals surface area contributed by atoms with Crippen molar-refractivity contribution in [3.8, 4) is 16.3 Å². The fraction of sp³-hybridized carbons (Fsp3) is 0.308. The Morgan fingerprint density at radius 2 is 2.06 bits per heavy atom. The molecule has 0 N–H and O–H groups in total. The smallest absolute Gasteiger partial charge is 0.123 e. The molecule has 1 heterocycles. The maximum absolute atomic E-state index is 5.73. The fourth-order valence-electron chi connectivity index (χ4n) is 1.41. The first-order valence-corrected chi connectivity index (χ1v) is 6.98. The predicted octanol–water partition coefficient (Wildman–Crippen LogP) is 4.34. The van der Waals surface area contributed by atoms with E-state index in [0.29, 0.717) is 5.88 Å². The molecule has 1 aromatic carbocycles. The van der Waals surface area contributed by atoms with E-state index in [1.807, 2.05) is 29.6 Å². The summed E-state index contributed by atoms with van der Waals surface area (Å²) in [5.74, 6) is 1.37. The van der Waals surface area contributed by atoms with Crippen molar-refractivity contribution in [1.82, 2.24) is 4.98 Å². The average Bonchev–Trinajstić information content (AvgIpc) is 2.86. The molecule has 1 aromatic heterocycles. The number of hydrogen-bond donors (Lipinski definition) is 0. The molecular formula is C13H14ClNOS. The van der Waals surface area contributed by atoms with E-state index >= 15 is 0 Å². The van der Waals surface area contributed by atoms with Crippen molar-refractivity contribution in [3.05, 3.63) is 35.3 Å². The van der Waals surface area contributed by atoms with Crippen LogP contribution in [0.4, 0.5) is 0 Å². The first-order valence-electron chi connectivity index (χ1n) is 5.57. The van der Waals surface area contributed by atoms with Gasteiger partial charge in [0.05, 0.1) is 18.2 Å². The molecule has 0 bridgehead atoms. The van der Waals surface area contributed by atoms with Crippen LogP contribution >= 0.6 is 22.9 Å². The van der Waals surface area contributed by atoms with Crippen molar-refractivity contribution >= 4 is 22.9 Å². The van der Waals surface area contributed by atoms with E-state index in [9.17, 15) is 0 Å². The molecule has 0 unspecified atom stereocenters. The topological polar surface area (TPSA) is 22.1 Å². The van der Waals surface area contributed by atoms with Crippen molar-refractivity contribution in [1.29, 1.82) is 0 Å². The van der Waals surface area contributed by atoms with Crippen LogP contribution in [-0.4, -0.2) is 11.6 Å². The van der Waals surface area contributed by atoms with Gasteiger partial charge in [-0.2, -0.15) is 0 Å². The summed E-state index contributed by atoms with van der Waals surface area (Å²) in [6.45, 7) is 2.85. The number of ether oxygens (including phenoxy) is 1. The minimum Gasteiger partial charge on any atom is -0.494 e. The Bertz CT molecular complexity index is 467. The molecule has 90 valence electrons. The molecule has 0 amide bonds. The molecular weight excluding hydrogens is 254 g/mol. The molecule has 0 radical (unpaired) electrons. The number of alkyl halides is 1. The molecule has 4 heteroatoms. The van der Waals surface area contributed by atoms with E-state index in [-0.39, 0.29) is 0 Å². The zero-order chi connectivity index (χ0) is 12.1. The summed E-state index contributed by atoms with van der Waals surface area (Å²) in [5.41, 5.74) is 2.04. The van der Waals surface area contributed by atoms with Gasteiger partial charge < -0.3 is 4.74 Å². The summed E-state index contributed by atoms with van der Waals surface area (Å²) >= 11 is 7.35.